The van der Waals surface area contributed by atoms with Crippen LogP contribution in [0, 0.1) is 5.41 Å². The summed E-state index contributed by atoms with van der Waals surface area (Å²) in [5.74, 6) is 0. The van der Waals surface area contributed by atoms with Crippen LogP contribution in [0.2, 0.25) is 5.02 Å². The maximum atomic E-state index is 5.97. The van der Waals surface area contributed by atoms with E-state index in [0.29, 0.717) is 5.41 Å². The van der Waals surface area contributed by atoms with E-state index >= 15 is 0 Å². The van der Waals surface area contributed by atoms with Gasteiger partial charge in [-0.05, 0) is 55.5 Å². The zero-order valence-electron chi connectivity index (χ0n) is 10.0. The summed E-state index contributed by atoms with van der Waals surface area (Å²) in [5.41, 5.74) is 3.30. The van der Waals surface area contributed by atoms with E-state index in [1.54, 1.807) is 5.57 Å². The predicted molar refractivity (Wildman–Crippen MR) is 73.2 cm³/mol. The van der Waals surface area contributed by atoms with Crippen LogP contribution in [0.1, 0.15) is 31.2 Å². The zero-order valence-corrected chi connectivity index (χ0v) is 10.8. The second-order valence-electron chi connectivity index (χ2n) is 5.22. The number of benzene rings is 1. The van der Waals surface area contributed by atoms with Crippen molar-refractivity contribution in [2.75, 3.05) is 13.1 Å². The molecule has 1 N–H and O–H groups in total. The number of allylic oxidation sites excluding steroid dienone is 1. The molecular weight excluding hydrogens is 230 g/mol. The Labute approximate surface area is 108 Å². The van der Waals surface area contributed by atoms with Gasteiger partial charge in [-0.25, -0.2) is 0 Å². The lowest BCUT2D eigenvalue weighted by Crippen LogP contribution is -2.27. The van der Waals surface area contributed by atoms with Gasteiger partial charge >= 0.3 is 0 Å². The van der Waals surface area contributed by atoms with Crippen molar-refractivity contribution >= 4 is 17.2 Å². The number of nitrogens with one attached hydrogen (secondary N) is 1. The van der Waals surface area contributed by atoms with Crippen molar-refractivity contribution in [2.24, 2.45) is 5.41 Å². The van der Waals surface area contributed by atoms with Crippen LogP contribution in [0.4, 0.5) is 0 Å². The highest BCUT2D eigenvalue weighted by atomic mass is 35.5. The molecule has 0 bridgehead atoms. The van der Waals surface area contributed by atoms with Crippen LogP contribution in [0.5, 0.6) is 0 Å². The maximum Gasteiger partial charge on any atom is 0.0406 e. The standard InChI is InChI=1S/C15H18ClN/c16-13-6-4-12(5-7-13)14-3-1-2-8-15(14)9-10-17-11-15/h3-7,17H,1-2,8-11H2. The molecule has 1 nitrogen and oxygen atoms in total. The van der Waals surface area contributed by atoms with Crippen molar-refractivity contribution in [3.05, 3.63) is 40.9 Å². The fraction of sp³-hybridized carbons (Fsp3) is 0.467. The first-order valence-electron chi connectivity index (χ1n) is 6.48. The Morgan fingerprint density at radius 2 is 1.94 bits per heavy atom. The van der Waals surface area contributed by atoms with E-state index in [0.717, 1.165) is 18.1 Å². The van der Waals surface area contributed by atoms with Crippen LogP contribution in [-0.4, -0.2) is 13.1 Å². The molecule has 1 atom stereocenters. The second-order valence-corrected chi connectivity index (χ2v) is 5.66. The molecule has 0 saturated carbocycles. The fourth-order valence-electron chi connectivity index (χ4n) is 3.28. The number of rotatable bonds is 1. The molecule has 1 fully saturated rings. The molecular formula is C15H18ClN. The highest BCUT2D eigenvalue weighted by molar-refractivity contribution is 6.30. The van der Waals surface area contributed by atoms with Crippen LogP contribution in [-0.2, 0) is 0 Å². The summed E-state index contributed by atoms with van der Waals surface area (Å²) in [6.45, 7) is 2.30. The molecule has 2 heteroatoms. The number of hydrogen-bond donors (Lipinski definition) is 1. The Kier molecular flexibility index (Phi) is 2.97. The first kappa shape index (κ1) is 11.3. The fourth-order valence-corrected chi connectivity index (χ4v) is 3.40. The molecule has 3 rings (SSSR count). The SMILES string of the molecule is Clc1ccc(C2=CCCCC23CCNC3)cc1. The summed E-state index contributed by atoms with van der Waals surface area (Å²) < 4.78 is 0. The topological polar surface area (TPSA) is 12.0 Å². The summed E-state index contributed by atoms with van der Waals surface area (Å²) in [4.78, 5) is 0. The molecule has 2 aliphatic rings. The van der Waals surface area contributed by atoms with Crippen molar-refractivity contribution in [3.8, 4) is 0 Å². The minimum atomic E-state index is 0.395. The molecule has 1 saturated heterocycles. The molecule has 0 amide bonds. The van der Waals surface area contributed by atoms with Crippen LogP contribution in [0.15, 0.2) is 30.3 Å². The molecule has 17 heavy (non-hydrogen) atoms. The first-order chi connectivity index (χ1) is 8.30. The minimum absolute atomic E-state index is 0.395. The second kappa shape index (κ2) is 4.47. The van der Waals surface area contributed by atoms with E-state index in [-0.39, 0.29) is 0 Å². The van der Waals surface area contributed by atoms with Gasteiger partial charge in [0.1, 0.15) is 0 Å². The van der Waals surface area contributed by atoms with E-state index in [4.69, 9.17) is 11.6 Å². The van der Waals surface area contributed by atoms with Gasteiger partial charge in [0.05, 0.1) is 0 Å². The van der Waals surface area contributed by atoms with E-state index in [9.17, 15) is 0 Å². The third-order valence-electron chi connectivity index (χ3n) is 4.18. The maximum absolute atomic E-state index is 5.97. The average molecular weight is 248 g/mol. The lowest BCUT2D eigenvalue weighted by Gasteiger charge is -2.35. The number of halogens is 1. The largest absolute Gasteiger partial charge is 0.316 e. The van der Waals surface area contributed by atoms with Crippen LogP contribution < -0.4 is 5.32 Å². The molecule has 90 valence electrons. The van der Waals surface area contributed by atoms with E-state index in [2.05, 4.69) is 23.5 Å². The van der Waals surface area contributed by atoms with Crippen LogP contribution in [0.25, 0.3) is 5.57 Å². The predicted octanol–water partition coefficient (Wildman–Crippen LogP) is 3.89. The molecule has 1 heterocycles. The Morgan fingerprint density at radius 1 is 1.12 bits per heavy atom. The lowest BCUT2D eigenvalue weighted by atomic mass is 9.69. The van der Waals surface area contributed by atoms with Crippen LogP contribution >= 0.6 is 11.6 Å². The van der Waals surface area contributed by atoms with Gasteiger partial charge in [0.15, 0.2) is 0 Å². The summed E-state index contributed by atoms with van der Waals surface area (Å²) in [6.07, 6.45) is 7.61. The number of hydrogen-bond acceptors (Lipinski definition) is 1. The highest BCUT2D eigenvalue weighted by Crippen LogP contribution is 2.47. The third-order valence-corrected chi connectivity index (χ3v) is 4.43. The van der Waals surface area contributed by atoms with E-state index < -0.39 is 0 Å². The minimum Gasteiger partial charge on any atom is -0.316 e. The van der Waals surface area contributed by atoms with Gasteiger partial charge in [-0.1, -0.05) is 29.8 Å². The van der Waals surface area contributed by atoms with Gasteiger partial charge in [-0.3, -0.25) is 0 Å². The molecule has 1 aromatic rings. The molecule has 0 radical (unpaired) electrons. The lowest BCUT2D eigenvalue weighted by molar-refractivity contribution is 0.382. The molecule has 1 aliphatic heterocycles. The van der Waals surface area contributed by atoms with Gasteiger partial charge in [0.2, 0.25) is 0 Å². The zero-order chi connectivity index (χ0) is 11.7. The third kappa shape index (κ3) is 2.02. The molecule has 1 unspecified atom stereocenters. The molecule has 1 aromatic carbocycles. The van der Waals surface area contributed by atoms with Gasteiger partial charge in [-0.15, -0.1) is 0 Å². The van der Waals surface area contributed by atoms with Gasteiger partial charge < -0.3 is 5.32 Å². The Balaban J connectivity index is 1.99. The van der Waals surface area contributed by atoms with Crippen molar-refractivity contribution in [1.82, 2.24) is 5.32 Å². The normalized spacial score (nSPS) is 28.4. The first-order valence-corrected chi connectivity index (χ1v) is 6.85. The summed E-state index contributed by atoms with van der Waals surface area (Å²) in [7, 11) is 0. The van der Waals surface area contributed by atoms with Crippen LogP contribution in [0.3, 0.4) is 0 Å². The quantitative estimate of drug-likeness (QED) is 0.794. The van der Waals surface area contributed by atoms with E-state index in [1.807, 2.05) is 12.1 Å². The Morgan fingerprint density at radius 3 is 2.65 bits per heavy atom. The highest BCUT2D eigenvalue weighted by Gasteiger charge is 2.38. The molecule has 1 spiro atoms. The van der Waals surface area contributed by atoms with Crippen molar-refractivity contribution in [1.29, 1.82) is 0 Å². The van der Waals surface area contributed by atoms with Gasteiger partial charge in [-0.2, -0.15) is 0 Å². The summed E-state index contributed by atoms with van der Waals surface area (Å²) >= 11 is 5.97. The monoisotopic (exact) mass is 247 g/mol. The van der Waals surface area contributed by atoms with Crippen molar-refractivity contribution < 1.29 is 0 Å². The van der Waals surface area contributed by atoms with Gasteiger partial charge in [0.25, 0.3) is 0 Å². The summed E-state index contributed by atoms with van der Waals surface area (Å²) in [5, 5.41) is 4.35. The Bertz CT molecular complexity index is 427. The Hall–Kier alpha value is -0.790. The molecule has 0 aromatic heterocycles. The summed E-state index contributed by atoms with van der Waals surface area (Å²) in [6, 6.07) is 8.34. The van der Waals surface area contributed by atoms with E-state index in [1.165, 1.54) is 31.2 Å². The average Bonchev–Trinajstić information content (AvgIpc) is 2.80. The molecule has 1 aliphatic carbocycles. The smallest absolute Gasteiger partial charge is 0.0406 e. The van der Waals surface area contributed by atoms with Crippen molar-refractivity contribution in [2.45, 2.75) is 25.7 Å². The van der Waals surface area contributed by atoms with Crippen molar-refractivity contribution in [3.63, 3.8) is 0 Å². The van der Waals surface area contributed by atoms with Gasteiger partial charge in [0, 0.05) is 17.0 Å².